The normalized spacial score (nSPS) is 11.0. The Bertz CT molecular complexity index is 844. The Morgan fingerprint density at radius 1 is 0.652 bits per heavy atom. The van der Waals surface area contributed by atoms with Gasteiger partial charge in [-0.2, -0.15) is 8.75 Å². The van der Waals surface area contributed by atoms with Crippen molar-refractivity contribution >= 4 is 22.8 Å². The maximum Gasteiger partial charge on any atom is 0.176 e. The van der Waals surface area contributed by atoms with Gasteiger partial charge in [0.15, 0.2) is 37.9 Å². The molecule has 0 unspecified atom stereocenters. The summed E-state index contributed by atoms with van der Waals surface area (Å²) in [4.78, 5) is 0. The minimum atomic E-state index is 0.807. The molecule has 0 aliphatic carbocycles. The van der Waals surface area contributed by atoms with Gasteiger partial charge in [0.1, 0.15) is 11.0 Å². The smallest absolute Gasteiger partial charge is 0.176 e. The molecule has 1 aromatic carbocycles. The lowest BCUT2D eigenvalue weighted by Gasteiger charge is -2.02. The van der Waals surface area contributed by atoms with Crippen LogP contribution in [-0.4, -0.2) is 8.75 Å². The fourth-order valence-electron chi connectivity index (χ4n) is 2.70. The quantitative estimate of drug-likeness (QED) is 0.541. The number of pyridine rings is 2. The van der Waals surface area contributed by atoms with E-state index >= 15 is 0 Å². The van der Waals surface area contributed by atoms with Crippen LogP contribution >= 0.6 is 11.7 Å². The van der Waals surface area contributed by atoms with E-state index in [1.165, 1.54) is 22.9 Å². The van der Waals surface area contributed by atoms with Crippen LogP contribution in [0.25, 0.3) is 11.0 Å². The van der Waals surface area contributed by atoms with E-state index in [1.807, 2.05) is 36.4 Å². The van der Waals surface area contributed by atoms with E-state index in [0.717, 1.165) is 24.1 Å². The van der Waals surface area contributed by atoms with Gasteiger partial charge in [-0.1, -0.05) is 12.1 Å². The van der Waals surface area contributed by atoms with E-state index in [2.05, 4.69) is 54.8 Å². The SMILES string of the molecule is c1cc[n+](Cc2ccc(C[n+]3ccccc3)c3nsnc23)cc1. The van der Waals surface area contributed by atoms with Crippen LogP contribution in [0, 0.1) is 0 Å². The Morgan fingerprint density at radius 3 is 1.52 bits per heavy atom. The fraction of sp³-hybridized carbons (Fsp3) is 0.111. The predicted molar refractivity (Wildman–Crippen MR) is 88.9 cm³/mol. The standard InChI is InChI=1S/C18H16N4S/c1-3-9-21(10-4-1)13-15-7-8-16(18-17(15)19-23-20-18)14-22-11-5-2-6-12-22/h1-12H,13-14H2/q+2. The van der Waals surface area contributed by atoms with E-state index < -0.39 is 0 Å². The van der Waals surface area contributed by atoms with Gasteiger partial charge in [0.25, 0.3) is 0 Å². The van der Waals surface area contributed by atoms with Crippen molar-refractivity contribution in [1.82, 2.24) is 8.75 Å². The highest BCUT2D eigenvalue weighted by Gasteiger charge is 2.15. The van der Waals surface area contributed by atoms with Gasteiger partial charge in [0.05, 0.1) is 11.7 Å². The number of rotatable bonds is 4. The number of benzene rings is 1. The van der Waals surface area contributed by atoms with Crippen molar-refractivity contribution in [1.29, 1.82) is 0 Å². The van der Waals surface area contributed by atoms with Gasteiger partial charge in [-0.25, -0.2) is 9.13 Å². The second-order valence-corrected chi connectivity index (χ2v) is 5.97. The molecule has 4 rings (SSSR count). The van der Waals surface area contributed by atoms with E-state index in [1.54, 1.807) is 0 Å². The van der Waals surface area contributed by atoms with E-state index in [-0.39, 0.29) is 0 Å². The first kappa shape index (κ1) is 14.0. The average molecular weight is 320 g/mol. The van der Waals surface area contributed by atoms with Crippen LogP contribution in [0.4, 0.5) is 0 Å². The summed E-state index contributed by atoms with van der Waals surface area (Å²) in [6.07, 6.45) is 8.28. The Kier molecular flexibility index (Phi) is 3.78. The zero-order chi connectivity index (χ0) is 15.5. The molecule has 0 aliphatic heterocycles. The first-order chi connectivity index (χ1) is 11.4. The molecule has 23 heavy (non-hydrogen) atoms. The molecule has 5 heteroatoms. The minimum Gasteiger partial charge on any atom is -0.201 e. The molecule has 0 aliphatic rings. The third-order valence-electron chi connectivity index (χ3n) is 3.84. The van der Waals surface area contributed by atoms with Gasteiger partial charge in [-0.15, -0.1) is 0 Å². The maximum atomic E-state index is 4.53. The molecular formula is C18H16N4S+2. The Hall–Kier alpha value is -2.66. The van der Waals surface area contributed by atoms with Crippen molar-refractivity contribution < 1.29 is 9.13 Å². The van der Waals surface area contributed by atoms with Crippen LogP contribution < -0.4 is 9.13 Å². The van der Waals surface area contributed by atoms with E-state index in [0.29, 0.717) is 0 Å². The monoisotopic (exact) mass is 320 g/mol. The van der Waals surface area contributed by atoms with Gasteiger partial charge in [0, 0.05) is 35.4 Å². The summed E-state index contributed by atoms with van der Waals surface area (Å²) < 4.78 is 13.4. The number of hydrogen-bond donors (Lipinski definition) is 0. The molecule has 0 saturated carbocycles. The van der Waals surface area contributed by atoms with Gasteiger partial charge < -0.3 is 0 Å². The summed E-state index contributed by atoms with van der Waals surface area (Å²) in [6.45, 7) is 1.61. The molecular weight excluding hydrogens is 304 g/mol. The zero-order valence-corrected chi connectivity index (χ0v) is 13.4. The summed E-state index contributed by atoms with van der Waals surface area (Å²) in [6, 6.07) is 16.5. The molecule has 3 heterocycles. The van der Waals surface area contributed by atoms with Crippen LogP contribution in [0.2, 0.25) is 0 Å². The van der Waals surface area contributed by atoms with E-state index in [9.17, 15) is 0 Å². The number of hydrogen-bond acceptors (Lipinski definition) is 3. The van der Waals surface area contributed by atoms with Gasteiger partial charge in [0.2, 0.25) is 0 Å². The van der Waals surface area contributed by atoms with Gasteiger partial charge >= 0.3 is 0 Å². The fourth-order valence-corrected chi connectivity index (χ4v) is 3.31. The maximum absolute atomic E-state index is 4.53. The van der Waals surface area contributed by atoms with Crippen molar-refractivity contribution in [3.8, 4) is 0 Å². The zero-order valence-electron chi connectivity index (χ0n) is 12.5. The topological polar surface area (TPSA) is 33.5 Å². The third-order valence-corrected chi connectivity index (χ3v) is 4.37. The summed E-state index contributed by atoms with van der Waals surface area (Å²) in [7, 11) is 0. The van der Waals surface area contributed by atoms with Crippen LogP contribution in [0.1, 0.15) is 11.1 Å². The highest BCUT2D eigenvalue weighted by Crippen LogP contribution is 2.21. The van der Waals surface area contributed by atoms with Crippen molar-refractivity contribution in [3.63, 3.8) is 0 Å². The molecule has 0 bridgehead atoms. The lowest BCUT2D eigenvalue weighted by molar-refractivity contribution is -0.688. The molecule has 4 nitrogen and oxygen atoms in total. The molecule has 0 atom stereocenters. The van der Waals surface area contributed by atoms with Crippen molar-refractivity contribution in [3.05, 3.63) is 84.4 Å². The molecule has 0 saturated heterocycles. The molecule has 0 radical (unpaired) electrons. The largest absolute Gasteiger partial charge is 0.201 e. The average Bonchev–Trinajstić information content (AvgIpc) is 3.09. The van der Waals surface area contributed by atoms with Crippen molar-refractivity contribution in [2.45, 2.75) is 13.1 Å². The second kappa shape index (κ2) is 6.22. The van der Waals surface area contributed by atoms with Crippen LogP contribution in [0.3, 0.4) is 0 Å². The molecule has 0 spiro atoms. The first-order valence-corrected chi connectivity index (χ1v) is 8.24. The Balaban J connectivity index is 1.70. The number of aromatic nitrogens is 4. The predicted octanol–water partition coefficient (Wildman–Crippen LogP) is 2.36. The number of fused-ring (bicyclic) bond motifs is 1. The summed E-state index contributed by atoms with van der Waals surface area (Å²) in [5.74, 6) is 0. The second-order valence-electron chi connectivity index (χ2n) is 5.44. The number of nitrogens with zero attached hydrogens (tertiary/aromatic N) is 4. The molecule has 0 N–H and O–H groups in total. The van der Waals surface area contributed by atoms with Crippen LogP contribution in [-0.2, 0) is 13.1 Å². The highest BCUT2D eigenvalue weighted by molar-refractivity contribution is 7.00. The van der Waals surface area contributed by atoms with Crippen molar-refractivity contribution in [2.24, 2.45) is 0 Å². The molecule has 4 aromatic rings. The van der Waals surface area contributed by atoms with Gasteiger partial charge in [-0.3, -0.25) is 0 Å². The molecule has 112 valence electrons. The molecule has 3 aromatic heterocycles. The summed E-state index contributed by atoms with van der Waals surface area (Å²) in [5, 5.41) is 0. The van der Waals surface area contributed by atoms with Gasteiger partial charge in [-0.05, 0) is 12.1 Å². The first-order valence-electron chi connectivity index (χ1n) is 7.51. The van der Waals surface area contributed by atoms with E-state index in [4.69, 9.17) is 0 Å². The highest BCUT2D eigenvalue weighted by atomic mass is 32.1. The third kappa shape index (κ3) is 2.96. The molecule has 0 amide bonds. The minimum absolute atomic E-state index is 0.807. The lowest BCUT2D eigenvalue weighted by atomic mass is 10.1. The summed E-state index contributed by atoms with van der Waals surface area (Å²) >= 11 is 1.28. The Morgan fingerprint density at radius 2 is 1.09 bits per heavy atom. The summed E-state index contributed by atoms with van der Waals surface area (Å²) in [5.41, 5.74) is 4.43. The Labute approximate surface area is 138 Å². The van der Waals surface area contributed by atoms with Crippen molar-refractivity contribution in [2.75, 3.05) is 0 Å². The lowest BCUT2D eigenvalue weighted by Crippen LogP contribution is -2.34. The van der Waals surface area contributed by atoms with Crippen LogP contribution in [0.15, 0.2) is 73.3 Å². The van der Waals surface area contributed by atoms with Crippen LogP contribution in [0.5, 0.6) is 0 Å². The molecule has 0 fully saturated rings.